The number of nitrogens with two attached hydrogens (primary N) is 1. The van der Waals surface area contributed by atoms with Crippen LogP contribution in [0.15, 0.2) is 51.3 Å². The number of hydrazone groups is 1. The van der Waals surface area contributed by atoms with E-state index in [1.807, 2.05) is 12.1 Å². The molecule has 1 heterocycles. The van der Waals surface area contributed by atoms with E-state index in [1.54, 1.807) is 12.1 Å². The molecule has 0 unspecified atom stereocenters. The molecule has 2 N–H and O–H groups in total. The van der Waals surface area contributed by atoms with Gasteiger partial charge in [0.1, 0.15) is 5.82 Å². The van der Waals surface area contributed by atoms with Crippen LogP contribution in [0.2, 0.25) is 0 Å². The maximum atomic E-state index is 13.4. The fourth-order valence-electron chi connectivity index (χ4n) is 2.26. The molecule has 3 rings (SSSR count). The van der Waals surface area contributed by atoms with Gasteiger partial charge in [0, 0.05) is 21.8 Å². The summed E-state index contributed by atoms with van der Waals surface area (Å²) < 4.78 is 13.4. The number of nitriles is 1. The highest BCUT2D eigenvalue weighted by molar-refractivity contribution is 7.99. The summed E-state index contributed by atoms with van der Waals surface area (Å²) in [4.78, 5) is 1.71. The van der Waals surface area contributed by atoms with Gasteiger partial charge in [-0.1, -0.05) is 17.8 Å². The van der Waals surface area contributed by atoms with E-state index in [9.17, 15) is 9.65 Å². The van der Waals surface area contributed by atoms with Gasteiger partial charge in [0.25, 0.3) is 0 Å². The molecule has 0 saturated heterocycles. The van der Waals surface area contributed by atoms with Crippen molar-refractivity contribution in [2.24, 2.45) is 10.9 Å². The lowest BCUT2D eigenvalue weighted by atomic mass is 9.99. The molecule has 0 bridgehead atoms. The summed E-state index contributed by atoms with van der Waals surface area (Å²) in [7, 11) is 0. The molecule has 5 heteroatoms. The molecular formula is C15H10FN3S. The average Bonchev–Trinajstić information content (AvgIpc) is 2.62. The largest absolute Gasteiger partial charge is 0.323 e. The van der Waals surface area contributed by atoms with Gasteiger partial charge in [-0.3, -0.25) is 0 Å². The van der Waals surface area contributed by atoms with Crippen LogP contribution in [0.4, 0.5) is 4.39 Å². The number of hydrogen-bond donors (Lipinski definition) is 1. The Morgan fingerprint density at radius 2 is 2.10 bits per heavy atom. The fraction of sp³-hybridized carbons (Fsp3) is 0.0667. The van der Waals surface area contributed by atoms with E-state index in [4.69, 9.17) is 5.84 Å². The number of halogens is 1. The van der Waals surface area contributed by atoms with E-state index in [2.05, 4.69) is 11.2 Å². The van der Waals surface area contributed by atoms with Crippen LogP contribution in [0.25, 0.3) is 0 Å². The van der Waals surface area contributed by atoms with E-state index < -0.39 is 0 Å². The zero-order valence-electron chi connectivity index (χ0n) is 10.4. The molecule has 3 nitrogen and oxygen atoms in total. The zero-order chi connectivity index (χ0) is 14.1. The van der Waals surface area contributed by atoms with E-state index >= 15 is 0 Å². The molecule has 0 spiro atoms. The molecule has 0 amide bonds. The van der Waals surface area contributed by atoms with Crippen LogP contribution < -0.4 is 5.84 Å². The number of benzene rings is 2. The summed E-state index contributed by atoms with van der Waals surface area (Å²) in [5.41, 5.74) is 2.97. The molecule has 0 aromatic heterocycles. The van der Waals surface area contributed by atoms with Gasteiger partial charge in [-0.05, 0) is 35.9 Å². The average molecular weight is 283 g/mol. The third-order valence-corrected chi connectivity index (χ3v) is 4.39. The predicted octanol–water partition coefficient (Wildman–Crippen LogP) is 3.07. The van der Waals surface area contributed by atoms with Crippen LogP contribution >= 0.6 is 11.8 Å². The SMILES string of the molecule is N#Cc1cccc2c1CC(=NN)c1ccc(F)cc1S2. The van der Waals surface area contributed by atoms with Gasteiger partial charge in [0.15, 0.2) is 0 Å². The van der Waals surface area contributed by atoms with Gasteiger partial charge in [-0.2, -0.15) is 10.4 Å². The smallest absolute Gasteiger partial charge is 0.124 e. The lowest BCUT2D eigenvalue weighted by Gasteiger charge is -2.06. The highest BCUT2D eigenvalue weighted by Gasteiger charge is 2.21. The van der Waals surface area contributed by atoms with Crippen LogP contribution in [0.3, 0.4) is 0 Å². The van der Waals surface area contributed by atoms with Crippen molar-refractivity contribution < 1.29 is 4.39 Å². The van der Waals surface area contributed by atoms with E-state index in [-0.39, 0.29) is 5.82 Å². The van der Waals surface area contributed by atoms with Crippen molar-refractivity contribution in [3.8, 4) is 6.07 Å². The van der Waals surface area contributed by atoms with Gasteiger partial charge in [-0.25, -0.2) is 4.39 Å². The molecule has 1 aliphatic heterocycles. The molecule has 98 valence electrons. The minimum Gasteiger partial charge on any atom is -0.323 e. The fourth-order valence-corrected chi connectivity index (χ4v) is 3.42. The number of rotatable bonds is 0. The molecule has 2 aromatic carbocycles. The summed E-state index contributed by atoms with van der Waals surface area (Å²) in [6.07, 6.45) is 0.473. The van der Waals surface area contributed by atoms with Crippen LogP contribution in [-0.4, -0.2) is 5.71 Å². The Kier molecular flexibility index (Phi) is 3.17. The normalized spacial score (nSPS) is 15.1. The van der Waals surface area contributed by atoms with Crippen molar-refractivity contribution >= 4 is 17.5 Å². The minimum absolute atomic E-state index is 0.299. The molecule has 1 aliphatic rings. The van der Waals surface area contributed by atoms with Crippen molar-refractivity contribution in [1.82, 2.24) is 0 Å². The van der Waals surface area contributed by atoms with E-state index in [1.165, 1.54) is 23.9 Å². The monoisotopic (exact) mass is 283 g/mol. The Balaban J connectivity index is 2.25. The summed E-state index contributed by atoms with van der Waals surface area (Å²) >= 11 is 1.44. The van der Waals surface area contributed by atoms with Crippen LogP contribution in [0.1, 0.15) is 16.7 Å². The lowest BCUT2D eigenvalue weighted by molar-refractivity contribution is 0.624. The molecular weight excluding hydrogens is 273 g/mol. The van der Waals surface area contributed by atoms with Crippen LogP contribution in [-0.2, 0) is 6.42 Å². The van der Waals surface area contributed by atoms with Crippen molar-refractivity contribution in [3.05, 3.63) is 58.9 Å². The minimum atomic E-state index is -0.299. The quantitative estimate of drug-likeness (QED) is 0.597. The molecule has 0 radical (unpaired) electrons. The Hall–Kier alpha value is -2.32. The van der Waals surface area contributed by atoms with Crippen molar-refractivity contribution in [2.45, 2.75) is 16.2 Å². The Labute approximate surface area is 119 Å². The summed E-state index contributed by atoms with van der Waals surface area (Å²) in [6, 6.07) is 12.3. The van der Waals surface area contributed by atoms with E-state index in [0.717, 1.165) is 20.9 Å². The van der Waals surface area contributed by atoms with Gasteiger partial charge >= 0.3 is 0 Å². The third kappa shape index (κ3) is 2.04. The standard InChI is InChI=1S/C15H10FN3S/c16-10-4-5-11-13(19-18)7-12-9(8-17)2-1-3-14(12)20-15(11)6-10/h1-6H,7,18H2. The first-order chi connectivity index (χ1) is 9.72. The first kappa shape index (κ1) is 12.7. The second-order valence-electron chi connectivity index (χ2n) is 4.39. The number of nitrogens with zero attached hydrogens (tertiary/aromatic N) is 2. The van der Waals surface area contributed by atoms with E-state index in [0.29, 0.717) is 17.7 Å². The Bertz CT molecular complexity index is 762. The highest BCUT2D eigenvalue weighted by Crippen LogP contribution is 2.38. The molecule has 0 atom stereocenters. The lowest BCUT2D eigenvalue weighted by Crippen LogP contribution is -2.09. The van der Waals surface area contributed by atoms with Crippen molar-refractivity contribution in [2.75, 3.05) is 0 Å². The highest BCUT2D eigenvalue weighted by atomic mass is 32.2. The van der Waals surface area contributed by atoms with Crippen molar-refractivity contribution in [3.63, 3.8) is 0 Å². The first-order valence-corrected chi connectivity index (χ1v) is 6.81. The topological polar surface area (TPSA) is 62.2 Å². The maximum Gasteiger partial charge on any atom is 0.124 e. The summed E-state index contributed by atoms with van der Waals surface area (Å²) in [6.45, 7) is 0. The maximum absolute atomic E-state index is 13.4. The zero-order valence-corrected chi connectivity index (χ0v) is 11.2. The summed E-state index contributed by atoms with van der Waals surface area (Å²) in [5.74, 6) is 5.18. The third-order valence-electron chi connectivity index (χ3n) is 3.23. The van der Waals surface area contributed by atoms with Crippen LogP contribution in [0.5, 0.6) is 0 Å². The molecule has 0 saturated carbocycles. The predicted molar refractivity (Wildman–Crippen MR) is 76.1 cm³/mol. The molecule has 2 aromatic rings. The van der Waals surface area contributed by atoms with Gasteiger partial charge in [0.2, 0.25) is 0 Å². The van der Waals surface area contributed by atoms with Crippen molar-refractivity contribution in [1.29, 1.82) is 5.26 Å². The second kappa shape index (κ2) is 4.99. The van der Waals surface area contributed by atoms with Gasteiger partial charge < -0.3 is 5.84 Å². The first-order valence-electron chi connectivity index (χ1n) is 5.99. The second-order valence-corrected chi connectivity index (χ2v) is 5.47. The number of fused-ring (bicyclic) bond motifs is 2. The number of hydrogen-bond acceptors (Lipinski definition) is 4. The van der Waals surface area contributed by atoms with Gasteiger partial charge in [-0.15, -0.1) is 0 Å². The molecule has 20 heavy (non-hydrogen) atoms. The van der Waals surface area contributed by atoms with Gasteiger partial charge in [0.05, 0.1) is 17.3 Å². The van der Waals surface area contributed by atoms with Crippen LogP contribution in [0, 0.1) is 17.1 Å². The summed E-state index contributed by atoms with van der Waals surface area (Å²) in [5, 5.41) is 13.0. The molecule has 0 aliphatic carbocycles. The Morgan fingerprint density at radius 1 is 1.25 bits per heavy atom. The Morgan fingerprint density at radius 3 is 2.85 bits per heavy atom. The molecule has 0 fully saturated rings.